The van der Waals surface area contributed by atoms with E-state index in [0.717, 1.165) is 18.8 Å². The fourth-order valence-electron chi connectivity index (χ4n) is 1.90. The molecule has 2 N–H and O–H groups in total. The van der Waals surface area contributed by atoms with Crippen LogP contribution in [0.15, 0.2) is 30.0 Å². The Labute approximate surface area is 112 Å². The van der Waals surface area contributed by atoms with Crippen molar-refractivity contribution in [2.45, 2.75) is 26.1 Å². The van der Waals surface area contributed by atoms with Crippen molar-refractivity contribution in [1.29, 1.82) is 0 Å². The van der Waals surface area contributed by atoms with Gasteiger partial charge in [-0.05, 0) is 25.4 Å². The average molecular weight is 264 g/mol. The van der Waals surface area contributed by atoms with Crippen molar-refractivity contribution in [3.8, 4) is 0 Å². The molecule has 0 saturated heterocycles. The lowest BCUT2D eigenvalue weighted by molar-refractivity contribution is 0.253. The van der Waals surface area contributed by atoms with E-state index in [0.29, 0.717) is 12.6 Å². The van der Waals surface area contributed by atoms with Crippen LogP contribution in [-0.2, 0) is 13.1 Å². The van der Waals surface area contributed by atoms with E-state index in [-0.39, 0.29) is 0 Å². The van der Waals surface area contributed by atoms with Gasteiger partial charge < -0.3 is 10.3 Å². The van der Waals surface area contributed by atoms with Crippen molar-refractivity contribution >= 4 is 11.3 Å². The molecule has 2 heterocycles. The van der Waals surface area contributed by atoms with Gasteiger partial charge in [0.25, 0.3) is 0 Å². The highest BCUT2D eigenvalue weighted by Gasteiger charge is 2.13. The first kappa shape index (κ1) is 13.3. The first-order valence-corrected chi connectivity index (χ1v) is 7.03. The second kappa shape index (κ2) is 6.13. The predicted molar refractivity (Wildman–Crippen MR) is 75.5 cm³/mol. The molecule has 0 aromatic carbocycles. The fraction of sp³-hybridized carbons (Fsp3) is 0.462. The normalized spacial score (nSPS) is 13.1. The topological polar surface area (TPSA) is 47.1 Å². The lowest BCUT2D eigenvalue weighted by Crippen LogP contribution is -2.21. The number of aromatic nitrogens is 2. The van der Waals surface area contributed by atoms with E-state index in [1.165, 1.54) is 4.88 Å². The number of rotatable bonds is 6. The maximum atomic E-state index is 5.53. The SMILES string of the molecule is CC(c1cccs1)N(C)Cc1cn(CCN)cn1. The van der Waals surface area contributed by atoms with Gasteiger partial charge in [0, 0.05) is 36.8 Å². The molecule has 0 amide bonds. The van der Waals surface area contributed by atoms with Crippen LogP contribution >= 0.6 is 11.3 Å². The summed E-state index contributed by atoms with van der Waals surface area (Å²) in [6.45, 7) is 4.56. The van der Waals surface area contributed by atoms with Gasteiger partial charge in [0.15, 0.2) is 0 Å². The van der Waals surface area contributed by atoms with Crippen LogP contribution in [0.5, 0.6) is 0 Å². The minimum absolute atomic E-state index is 0.421. The number of thiophene rings is 1. The van der Waals surface area contributed by atoms with Crippen LogP contribution in [-0.4, -0.2) is 28.0 Å². The van der Waals surface area contributed by atoms with Gasteiger partial charge in [-0.25, -0.2) is 4.98 Å². The molecule has 4 nitrogen and oxygen atoms in total. The Morgan fingerprint density at radius 3 is 3.06 bits per heavy atom. The van der Waals surface area contributed by atoms with Crippen molar-refractivity contribution in [2.24, 2.45) is 5.73 Å². The summed E-state index contributed by atoms with van der Waals surface area (Å²) >= 11 is 1.80. The zero-order valence-electron chi connectivity index (χ0n) is 10.9. The standard InChI is InChI=1S/C13H20N4S/c1-11(13-4-3-7-18-13)16(2)8-12-9-17(6-5-14)10-15-12/h3-4,7,9-11H,5-6,8,14H2,1-2H3. The van der Waals surface area contributed by atoms with Gasteiger partial charge in [0.1, 0.15) is 0 Å². The first-order valence-electron chi connectivity index (χ1n) is 6.15. The fourth-order valence-corrected chi connectivity index (χ4v) is 2.75. The lowest BCUT2D eigenvalue weighted by atomic mass is 10.2. The maximum absolute atomic E-state index is 5.53. The largest absolute Gasteiger partial charge is 0.336 e. The van der Waals surface area contributed by atoms with Crippen LogP contribution in [0.2, 0.25) is 0 Å². The van der Waals surface area contributed by atoms with Crippen LogP contribution in [0.1, 0.15) is 23.5 Å². The second-order valence-corrected chi connectivity index (χ2v) is 5.48. The molecule has 98 valence electrons. The second-order valence-electron chi connectivity index (χ2n) is 4.50. The van der Waals surface area contributed by atoms with Crippen LogP contribution in [0.3, 0.4) is 0 Å². The van der Waals surface area contributed by atoms with Gasteiger partial charge in [0.2, 0.25) is 0 Å². The van der Waals surface area contributed by atoms with Crippen LogP contribution in [0.4, 0.5) is 0 Å². The zero-order valence-corrected chi connectivity index (χ0v) is 11.7. The summed E-state index contributed by atoms with van der Waals surface area (Å²) in [5.74, 6) is 0. The minimum atomic E-state index is 0.421. The molecule has 0 aliphatic heterocycles. The predicted octanol–water partition coefficient (Wildman–Crippen LogP) is 2.10. The number of nitrogens with two attached hydrogens (primary N) is 1. The molecule has 2 rings (SSSR count). The smallest absolute Gasteiger partial charge is 0.0950 e. The van der Waals surface area contributed by atoms with Crippen LogP contribution in [0, 0.1) is 0 Å². The molecule has 18 heavy (non-hydrogen) atoms. The monoisotopic (exact) mass is 264 g/mol. The molecule has 0 radical (unpaired) electrons. The maximum Gasteiger partial charge on any atom is 0.0950 e. The molecule has 0 aliphatic carbocycles. The number of imidazole rings is 1. The number of nitrogens with zero attached hydrogens (tertiary/aromatic N) is 3. The Morgan fingerprint density at radius 1 is 1.56 bits per heavy atom. The van der Waals surface area contributed by atoms with Gasteiger partial charge in [-0.2, -0.15) is 0 Å². The third-order valence-electron chi connectivity index (χ3n) is 3.10. The molecule has 0 aliphatic rings. The Bertz CT molecular complexity index is 463. The van der Waals surface area contributed by atoms with Gasteiger partial charge >= 0.3 is 0 Å². The van der Waals surface area contributed by atoms with E-state index in [9.17, 15) is 0 Å². The Morgan fingerprint density at radius 2 is 2.39 bits per heavy atom. The highest BCUT2D eigenvalue weighted by molar-refractivity contribution is 7.10. The molecule has 0 spiro atoms. The van der Waals surface area contributed by atoms with Crippen molar-refractivity contribution < 1.29 is 0 Å². The first-order chi connectivity index (χ1) is 8.70. The van der Waals surface area contributed by atoms with Gasteiger partial charge in [0.05, 0.1) is 12.0 Å². The minimum Gasteiger partial charge on any atom is -0.336 e. The molecular formula is C13H20N4S. The summed E-state index contributed by atoms with van der Waals surface area (Å²) in [7, 11) is 2.13. The third-order valence-corrected chi connectivity index (χ3v) is 4.14. The van der Waals surface area contributed by atoms with E-state index < -0.39 is 0 Å². The van der Waals surface area contributed by atoms with E-state index in [4.69, 9.17) is 5.73 Å². The summed E-state index contributed by atoms with van der Waals surface area (Å²) in [4.78, 5) is 8.10. The molecule has 0 saturated carbocycles. The molecule has 5 heteroatoms. The van der Waals surface area contributed by atoms with Gasteiger partial charge in [-0.15, -0.1) is 11.3 Å². The molecule has 1 unspecified atom stereocenters. The summed E-state index contributed by atoms with van der Waals surface area (Å²) in [5, 5.41) is 2.12. The summed E-state index contributed by atoms with van der Waals surface area (Å²) in [6.07, 6.45) is 3.93. The van der Waals surface area contributed by atoms with Gasteiger partial charge in [-0.1, -0.05) is 6.07 Å². The third kappa shape index (κ3) is 3.19. The number of hydrogen-bond donors (Lipinski definition) is 1. The molecule has 2 aromatic heterocycles. The quantitative estimate of drug-likeness (QED) is 0.869. The van der Waals surface area contributed by atoms with E-state index in [2.05, 4.69) is 47.6 Å². The highest BCUT2D eigenvalue weighted by Crippen LogP contribution is 2.24. The van der Waals surface area contributed by atoms with Crippen molar-refractivity contribution in [1.82, 2.24) is 14.5 Å². The van der Waals surface area contributed by atoms with Crippen molar-refractivity contribution in [3.05, 3.63) is 40.6 Å². The molecule has 1 atom stereocenters. The van der Waals surface area contributed by atoms with Crippen molar-refractivity contribution in [3.63, 3.8) is 0 Å². The summed E-state index contributed by atoms with van der Waals surface area (Å²) < 4.78 is 2.04. The molecular weight excluding hydrogens is 244 g/mol. The number of hydrogen-bond acceptors (Lipinski definition) is 4. The average Bonchev–Trinajstić information content (AvgIpc) is 3.00. The highest BCUT2D eigenvalue weighted by atomic mass is 32.1. The Kier molecular flexibility index (Phi) is 4.52. The van der Waals surface area contributed by atoms with Crippen molar-refractivity contribution in [2.75, 3.05) is 13.6 Å². The lowest BCUT2D eigenvalue weighted by Gasteiger charge is -2.22. The van der Waals surface area contributed by atoms with E-state index in [1.54, 1.807) is 11.3 Å². The molecule has 0 fully saturated rings. The summed E-state index contributed by atoms with van der Waals surface area (Å²) in [6, 6.07) is 4.70. The Balaban J connectivity index is 1.95. The van der Waals surface area contributed by atoms with E-state index in [1.807, 2.05) is 10.9 Å². The zero-order chi connectivity index (χ0) is 13.0. The van der Waals surface area contributed by atoms with Crippen LogP contribution in [0.25, 0.3) is 0 Å². The molecule has 0 bridgehead atoms. The van der Waals surface area contributed by atoms with E-state index >= 15 is 0 Å². The summed E-state index contributed by atoms with van der Waals surface area (Å²) in [5.41, 5.74) is 6.62. The molecule has 2 aromatic rings. The Hall–Kier alpha value is -1.17. The van der Waals surface area contributed by atoms with Crippen LogP contribution < -0.4 is 5.73 Å². The van der Waals surface area contributed by atoms with Gasteiger partial charge in [-0.3, -0.25) is 4.90 Å².